The Kier molecular flexibility index (Phi) is 9.54. The molecule has 2 rings (SSSR count). The van der Waals surface area contributed by atoms with Crippen LogP contribution < -0.4 is 0 Å². The zero-order valence-electron chi connectivity index (χ0n) is 21.3. The fourth-order valence-electron chi connectivity index (χ4n) is 4.56. The van der Waals surface area contributed by atoms with Gasteiger partial charge in [0.05, 0.1) is 12.5 Å². The van der Waals surface area contributed by atoms with Gasteiger partial charge in [0.15, 0.2) is 0 Å². The first-order valence-corrected chi connectivity index (χ1v) is 12.2. The maximum absolute atomic E-state index is 15.5. The number of piperidine rings is 1. The molecule has 0 bridgehead atoms. The van der Waals surface area contributed by atoms with E-state index in [0.29, 0.717) is 24.1 Å². The molecule has 2 atom stereocenters. The topological polar surface area (TPSA) is 35.9 Å². The van der Waals surface area contributed by atoms with Gasteiger partial charge < -0.3 is 4.90 Å². The van der Waals surface area contributed by atoms with Crippen LogP contribution in [-0.4, -0.2) is 68.1 Å². The summed E-state index contributed by atoms with van der Waals surface area (Å²) in [6.07, 6.45) is 5.75. The number of rotatable bonds is 7. The van der Waals surface area contributed by atoms with Gasteiger partial charge in [-0.1, -0.05) is 34.2 Å². The third kappa shape index (κ3) is 6.51. The predicted molar refractivity (Wildman–Crippen MR) is 142 cm³/mol. The highest BCUT2D eigenvalue weighted by Gasteiger charge is 2.47. The largest absolute Gasteiger partial charge is 0.345 e. The summed E-state index contributed by atoms with van der Waals surface area (Å²) < 4.78 is 31.8. The van der Waals surface area contributed by atoms with Crippen molar-refractivity contribution >= 4 is 28.1 Å². The first-order chi connectivity index (χ1) is 15.8. The van der Waals surface area contributed by atoms with Gasteiger partial charge in [0.2, 0.25) is 0 Å². The van der Waals surface area contributed by atoms with Crippen molar-refractivity contribution in [2.45, 2.75) is 52.0 Å². The lowest BCUT2D eigenvalue weighted by atomic mass is 9.80. The summed E-state index contributed by atoms with van der Waals surface area (Å²) in [7, 11) is 5.06. The van der Waals surface area contributed by atoms with Gasteiger partial charge >= 0.3 is 0 Å². The zero-order valence-corrected chi connectivity index (χ0v) is 22.8. The van der Waals surface area contributed by atoms with Crippen molar-refractivity contribution in [1.82, 2.24) is 9.80 Å². The number of carbonyl (C=O) groups excluding carboxylic acids is 1. The van der Waals surface area contributed by atoms with E-state index in [-0.39, 0.29) is 18.5 Å². The van der Waals surface area contributed by atoms with Crippen LogP contribution in [0.25, 0.3) is 0 Å². The van der Waals surface area contributed by atoms with Gasteiger partial charge in [-0.3, -0.25) is 14.7 Å². The monoisotopic (exact) mass is 535 g/mol. The minimum atomic E-state index is -2.88. The maximum Gasteiger partial charge on any atom is 0.267 e. The number of aryl methyl sites for hydroxylation is 2. The van der Waals surface area contributed by atoms with Crippen LogP contribution in [0.3, 0.4) is 0 Å². The van der Waals surface area contributed by atoms with Crippen molar-refractivity contribution < 1.29 is 13.6 Å². The Morgan fingerprint density at radius 3 is 2.41 bits per heavy atom. The summed E-state index contributed by atoms with van der Waals surface area (Å²) >= 11 is 3.47. The van der Waals surface area contributed by atoms with Crippen molar-refractivity contribution in [3.05, 3.63) is 68.7 Å². The molecule has 0 saturated carbocycles. The molecule has 34 heavy (non-hydrogen) atoms. The summed E-state index contributed by atoms with van der Waals surface area (Å²) in [4.78, 5) is 19.6. The number of likely N-dealkylation sites (tertiary alicyclic amines) is 1. The van der Waals surface area contributed by atoms with Gasteiger partial charge in [0.1, 0.15) is 0 Å². The van der Waals surface area contributed by atoms with Gasteiger partial charge in [-0.15, -0.1) is 0 Å². The Hall–Kier alpha value is -2.12. The molecule has 1 aliphatic heterocycles. The highest BCUT2D eigenvalue weighted by Crippen LogP contribution is 2.43. The molecule has 1 heterocycles. The molecule has 1 fully saturated rings. The lowest BCUT2D eigenvalue weighted by Gasteiger charge is -2.42. The van der Waals surface area contributed by atoms with Gasteiger partial charge in [0, 0.05) is 43.4 Å². The minimum absolute atomic E-state index is 0.125. The molecule has 1 saturated heterocycles. The Bertz CT molecular complexity index is 1000. The average Bonchev–Trinajstić information content (AvgIpc) is 2.76. The first-order valence-electron chi connectivity index (χ1n) is 11.4. The Morgan fingerprint density at radius 1 is 1.32 bits per heavy atom. The van der Waals surface area contributed by atoms with E-state index < -0.39 is 11.8 Å². The molecule has 0 aromatic heterocycles. The van der Waals surface area contributed by atoms with Crippen molar-refractivity contribution in [1.29, 1.82) is 0 Å². The van der Waals surface area contributed by atoms with Gasteiger partial charge in [-0.25, -0.2) is 8.78 Å². The molecule has 4 nitrogen and oxygen atoms in total. The van der Waals surface area contributed by atoms with E-state index in [0.717, 1.165) is 26.8 Å². The Balaban J connectivity index is 2.24. The fourth-order valence-corrected chi connectivity index (χ4v) is 4.79. The molecule has 0 aliphatic carbocycles. The van der Waals surface area contributed by atoms with E-state index in [1.165, 1.54) is 4.90 Å². The summed E-state index contributed by atoms with van der Waals surface area (Å²) in [5.74, 6) is -3.88. The Labute approximate surface area is 211 Å². The average molecular weight is 537 g/mol. The summed E-state index contributed by atoms with van der Waals surface area (Å²) in [6, 6.07) is 3.33. The summed E-state index contributed by atoms with van der Waals surface area (Å²) in [5.41, 5.74) is 4.43. The molecule has 1 aromatic rings. The number of amides is 1. The summed E-state index contributed by atoms with van der Waals surface area (Å²) in [6.45, 7) is 11.9. The first kappa shape index (κ1) is 28.1. The third-order valence-corrected chi connectivity index (χ3v) is 7.28. The van der Waals surface area contributed by atoms with Crippen molar-refractivity contribution in [3.8, 4) is 0 Å². The van der Waals surface area contributed by atoms with Crippen LogP contribution in [-0.2, 0) is 0 Å². The van der Waals surface area contributed by atoms with E-state index in [1.54, 1.807) is 45.6 Å². The third-order valence-electron chi connectivity index (χ3n) is 6.51. The molecular formula is C27H36BrF2N3O. The maximum atomic E-state index is 15.5. The Morgan fingerprint density at radius 2 is 1.91 bits per heavy atom. The second-order valence-electron chi connectivity index (χ2n) is 9.31. The predicted octanol–water partition coefficient (Wildman–Crippen LogP) is 6.30. The number of aliphatic imine (C=N–C) groups is 1. The number of hydrogen-bond donors (Lipinski definition) is 0. The van der Waals surface area contributed by atoms with Gasteiger partial charge in [-0.05, 0) is 81.1 Å². The minimum Gasteiger partial charge on any atom is -0.345 e. The highest BCUT2D eigenvalue weighted by molar-refractivity contribution is 9.12. The molecule has 1 amide bonds. The molecule has 0 N–H and O–H groups in total. The molecule has 186 valence electrons. The van der Waals surface area contributed by atoms with Crippen LogP contribution in [0.2, 0.25) is 0 Å². The molecule has 0 spiro atoms. The second kappa shape index (κ2) is 11.5. The highest BCUT2D eigenvalue weighted by atomic mass is 79.9. The number of hydrogen-bond acceptors (Lipinski definition) is 3. The van der Waals surface area contributed by atoms with Crippen LogP contribution in [0.1, 0.15) is 53.2 Å². The quantitative estimate of drug-likeness (QED) is 0.303. The number of halogens is 3. The number of allylic oxidation sites excluding steroid dienone is 4. The van der Waals surface area contributed by atoms with Crippen LogP contribution >= 0.6 is 15.9 Å². The smallest absolute Gasteiger partial charge is 0.267 e. The molecule has 1 aromatic carbocycles. The van der Waals surface area contributed by atoms with E-state index in [9.17, 15) is 4.79 Å². The standard InChI is InChI=1S/C27H36BrF2N3O/c1-17(13-18(2)24(28)9-11-31-6)21(5)33-12-10-23(27(29,30)16-33)25-19(3)14-22(15-20(25)4)26(34)32(7)8/h9,11,13-15,21,23H,2,10,12,16H2,1,3-8H3/b17-13+,24-9+,31-11?. The van der Waals surface area contributed by atoms with E-state index >= 15 is 8.78 Å². The van der Waals surface area contributed by atoms with Crippen molar-refractivity contribution in [3.63, 3.8) is 0 Å². The van der Waals surface area contributed by atoms with Crippen LogP contribution in [0.5, 0.6) is 0 Å². The molecule has 2 unspecified atom stereocenters. The van der Waals surface area contributed by atoms with E-state index in [4.69, 9.17) is 0 Å². The molecule has 1 aliphatic rings. The van der Waals surface area contributed by atoms with Crippen molar-refractivity contribution in [2.75, 3.05) is 34.2 Å². The van der Waals surface area contributed by atoms with Gasteiger partial charge in [-0.2, -0.15) is 0 Å². The van der Waals surface area contributed by atoms with Crippen LogP contribution in [0.15, 0.2) is 51.5 Å². The van der Waals surface area contributed by atoms with Crippen molar-refractivity contribution in [2.24, 2.45) is 4.99 Å². The lowest BCUT2D eigenvalue weighted by Crippen LogP contribution is -2.51. The summed E-state index contributed by atoms with van der Waals surface area (Å²) in [5, 5.41) is 0. The number of carbonyl (C=O) groups is 1. The second-order valence-corrected chi connectivity index (χ2v) is 10.2. The fraction of sp³-hybridized carbons (Fsp3) is 0.481. The van der Waals surface area contributed by atoms with E-state index in [2.05, 4.69) is 27.5 Å². The lowest BCUT2D eigenvalue weighted by molar-refractivity contribution is -0.0884. The normalized spacial score (nSPS) is 20.5. The zero-order chi connectivity index (χ0) is 25.8. The van der Waals surface area contributed by atoms with Gasteiger partial charge in [0.25, 0.3) is 11.8 Å². The number of alkyl halides is 2. The van der Waals surface area contributed by atoms with Crippen LogP contribution in [0.4, 0.5) is 8.78 Å². The molecule has 0 radical (unpaired) electrons. The number of benzene rings is 1. The van der Waals surface area contributed by atoms with Crippen LogP contribution in [0, 0.1) is 13.8 Å². The molecule has 7 heteroatoms. The number of nitrogens with zero attached hydrogens (tertiary/aromatic N) is 3. The SMILES string of the molecule is C=C(/C=C(\C)C(C)N1CCC(c2c(C)cc(C(=O)N(C)C)cc2C)C(F)(F)C1)/C(Br)=C\C=NC. The molecular weight excluding hydrogens is 500 g/mol. The van der Waals surface area contributed by atoms with E-state index in [1.807, 2.05) is 38.7 Å².